The third kappa shape index (κ3) is 3.43. The van der Waals surface area contributed by atoms with Gasteiger partial charge in [-0.1, -0.05) is 30.3 Å². The first-order chi connectivity index (χ1) is 12.3. The summed E-state index contributed by atoms with van der Waals surface area (Å²) >= 11 is 0. The first-order valence-corrected chi connectivity index (χ1v) is 9.05. The lowest BCUT2D eigenvalue weighted by atomic mass is 9.93. The summed E-state index contributed by atoms with van der Waals surface area (Å²) in [6.07, 6.45) is 5.27. The predicted molar refractivity (Wildman–Crippen MR) is 99.4 cm³/mol. The average molecular weight is 333 g/mol. The molecule has 0 aliphatic carbocycles. The van der Waals surface area contributed by atoms with Crippen LogP contribution in [0.25, 0.3) is 11.0 Å². The highest BCUT2D eigenvalue weighted by atomic mass is 16.2. The van der Waals surface area contributed by atoms with Crippen molar-refractivity contribution in [2.75, 3.05) is 13.1 Å². The van der Waals surface area contributed by atoms with Gasteiger partial charge in [0, 0.05) is 25.2 Å². The molecule has 1 aliphatic heterocycles. The number of aryl methyl sites for hydroxylation is 1. The second-order valence-electron chi connectivity index (χ2n) is 6.82. The summed E-state index contributed by atoms with van der Waals surface area (Å²) in [4.78, 5) is 19.0. The second-order valence-corrected chi connectivity index (χ2v) is 6.82. The molecule has 1 aromatic heterocycles. The van der Waals surface area contributed by atoms with Crippen LogP contribution >= 0.6 is 0 Å². The van der Waals surface area contributed by atoms with Crippen LogP contribution in [0, 0.1) is 5.92 Å². The molecule has 0 radical (unpaired) electrons. The third-order valence-corrected chi connectivity index (χ3v) is 5.23. The van der Waals surface area contributed by atoms with Crippen LogP contribution in [0.4, 0.5) is 0 Å². The van der Waals surface area contributed by atoms with Crippen LogP contribution in [0.5, 0.6) is 0 Å². The summed E-state index contributed by atoms with van der Waals surface area (Å²) in [5.74, 6) is 0.848. The Bertz CT molecular complexity index is 848. The lowest BCUT2D eigenvalue weighted by Crippen LogP contribution is -2.38. The van der Waals surface area contributed by atoms with E-state index in [9.17, 15) is 4.79 Å². The SMILES string of the molecule is O=C(c1ccccc1)N1CCC(CCn2cnc3ccccc32)CC1. The predicted octanol–water partition coefficient (Wildman–Crippen LogP) is 3.98. The van der Waals surface area contributed by atoms with E-state index in [4.69, 9.17) is 0 Å². The van der Waals surface area contributed by atoms with Gasteiger partial charge in [-0.15, -0.1) is 0 Å². The lowest BCUT2D eigenvalue weighted by molar-refractivity contribution is 0.0685. The Labute approximate surface area is 148 Å². The fourth-order valence-corrected chi connectivity index (χ4v) is 3.70. The quantitative estimate of drug-likeness (QED) is 0.724. The van der Waals surface area contributed by atoms with E-state index in [-0.39, 0.29) is 5.91 Å². The van der Waals surface area contributed by atoms with Crippen molar-refractivity contribution in [2.45, 2.75) is 25.8 Å². The van der Waals surface area contributed by atoms with E-state index in [1.807, 2.05) is 47.6 Å². The van der Waals surface area contributed by atoms with Gasteiger partial charge in [0.25, 0.3) is 5.91 Å². The van der Waals surface area contributed by atoms with Gasteiger partial charge in [0.05, 0.1) is 17.4 Å². The van der Waals surface area contributed by atoms with Crippen LogP contribution in [0.2, 0.25) is 0 Å². The molecule has 0 unspecified atom stereocenters. The first-order valence-electron chi connectivity index (χ1n) is 9.05. The number of aromatic nitrogens is 2. The molecule has 0 saturated carbocycles. The molecule has 0 atom stereocenters. The molecule has 0 spiro atoms. The zero-order valence-electron chi connectivity index (χ0n) is 14.3. The monoisotopic (exact) mass is 333 g/mol. The molecular weight excluding hydrogens is 310 g/mol. The molecule has 2 heterocycles. The van der Waals surface area contributed by atoms with Crippen LogP contribution in [0.3, 0.4) is 0 Å². The molecular formula is C21H23N3O. The van der Waals surface area contributed by atoms with Gasteiger partial charge in [0.2, 0.25) is 0 Å². The molecule has 128 valence electrons. The van der Waals surface area contributed by atoms with Crippen molar-refractivity contribution >= 4 is 16.9 Å². The van der Waals surface area contributed by atoms with Gasteiger partial charge >= 0.3 is 0 Å². The van der Waals surface area contributed by atoms with Crippen LogP contribution in [-0.2, 0) is 6.54 Å². The summed E-state index contributed by atoms with van der Waals surface area (Å²) in [5, 5.41) is 0. The normalized spacial score (nSPS) is 15.6. The molecule has 25 heavy (non-hydrogen) atoms. The summed E-state index contributed by atoms with van der Waals surface area (Å²) in [5.41, 5.74) is 3.07. The summed E-state index contributed by atoms with van der Waals surface area (Å²) in [7, 11) is 0. The molecule has 3 aromatic rings. The molecule has 1 aliphatic rings. The number of benzene rings is 2. The molecule has 1 fully saturated rings. The first kappa shape index (κ1) is 15.9. The highest BCUT2D eigenvalue weighted by Crippen LogP contribution is 2.23. The Morgan fingerprint density at radius 3 is 2.52 bits per heavy atom. The van der Waals surface area contributed by atoms with Crippen molar-refractivity contribution in [3.8, 4) is 0 Å². The van der Waals surface area contributed by atoms with E-state index in [0.29, 0.717) is 5.92 Å². The number of rotatable bonds is 4. The Kier molecular flexibility index (Phi) is 4.51. The number of fused-ring (bicyclic) bond motifs is 1. The molecule has 1 saturated heterocycles. The van der Waals surface area contributed by atoms with Gasteiger partial charge in [0.15, 0.2) is 0 Å². The van der Waals surface area contributed by atoms with E-state index in [1.54, 1.807) is 0 Å². The van der Waals surface area contributed by atoms with Crippen LogP contribution < -0.4 is 0 Å². The minimum atomic E-state index is 0.166. The number of amides is 1. The Morgan fingerprint density at radius 1 is 1.00 bits per heavy atom. The van der Waals surface area contributed by atoms with Crippen LogP contribution in [0.1, 0.15) is 29.6 Å². The number of likely N-dealkylation sites (tertiary alicyclic amines) is 1. The number of hydrogen-bond acceptors (Lipinski definition) is 2. The van der Waals surface area contributed by atoms with E-state index < -0.39 is 0 Å². The third-order valence-electron chi connectivity index (χ3n) is 5.23. The highest BCUT2D eigenvalue weighted by molar-refractivity contribution is 5.94. The van der Waals surface area contributed by atoms with Gasteiger partial charge in [0.1, 0.15) is 0 Å². The Hall–Kier alpha value is -2.62. The maximum Gasteiger partial charge on any atom is 0.253 e. The minimum Gasteiger partial charge on any atom is -0.339 e. The zero-order chi connectivity index (χ0) is 17.1. The molecule has 1 amide bonds. The molecule has 0 N–H and O–H groups in total. The van der Waals surface area contributed by atoms with E-state index in [0.717, 1.165) is 50.0 Å². The van der Waals surface area contributed by atoms with Gasteiger partial charge in [-0.25, -0.2) is 4.98 Å². The summed E-state index contributed by atoms with van der Waals surface area (Å²) in [6.45, 7) is 2.73. The molecule has 4 nitrogen and oxygen atoms in total. The number of para-hydroxylation sites is 2. The van der Waals surface area contributed by atoms with Crippen molar-refractivity contribution in [3.63, 3.8) is 0 Å². The second kappa shape index (κ2) is 7.09. The molecule has 4 heteroatoms. The average Bonchev–Trinajstić information content (AvgIpc) is 3.10. The molecule has 0 bridgehead atoms. The van der Waals surface area contributed by atoms with E-state index >= 15 is 0 Å². The van der Waals surface area contributed by atoms with Gasteiger partial charge in [-0.3, -0.25) is 4.79 Å². The lowest BCUT2D eigenvalue weighted by Gasteiger charge is -2.32. The maximum atomic E-state index is 12.5. The zero-order valence-corrected chi connectivity index (χ0v) is 14.3. The molecule has 2 aromatic carbocycles. The van der Waals surface area contributed by atoms with Crippen molar-refractivity contribution in [1.29, 1.82) is 0 Å². The smallest absolute Gasteiger partial charge is 0.253 e. The number of nitrogens with zero attached hydrogens (tertiary/aromatic N) is 3. The van der Waals surface area contributed by atoms with Crippen molar-refractivity contribution in [1.82, 2.24) is 14.5 Å². The number of carbonyl (C=O) groups is 1. The number of piperidine rings is 1. The largest absolute Gasteiger partial charge is 0.339 e. The van der Waals surface area contributed by atoms with Crippen molar-refractivity contribution in [3.05, 3.63) is 66.5 Å². The topological polar surface area (TPSA) is 38.1 Å². The van der Waals surface area contributed by atoms with Gasteiger partial charge in [-0.05, 0) is 49.4 Å². The number of carbonyl (C=O) groups excluding carboxylic acids is 1. The number of hydrogen-bond donors (Lipinski definition) is 0. The van der Waals surface area contributed by atoms with Crippen molar-refractivity contribution < 1.29 is 4.79 Å². The summed E-state index contributed by atoms with van der Waals surface area (Å²) < 4.78 is 2.25. The number of imidazole rings is 1. The minimum absolute atomic E-state index is 0.166. The Morgan fingerprint density at radius 2 is 1.72 bits per heavy atom. The van der Waals surface area contributed by atoms with Gasteiger partial charge in [-0.2, -0.15) is 0 Å². The van der Waals surface area contributed by atoms with Gasteiger partial charge < -0.3 is 9.47 Å². The van der Waals surface area contributed by atoms with Crippen molar-refractivity contribution in [2.24, 2.45) is 5.92 Å². The fraction of sp³-hybridized carbons (Fsp3) is 0.333. The van der Waals surface area contributed by atoms with E-state index in [1.165, 1.54) is 5.52 Å². The van der Waals surface area contributed by atoms with Crippen LogP contribution in [0.15, 0.2) is 60.9 Å². The highest BCUT2D eigenvalue weighted by Gasteiger charge is 2.23. The standard InChI is InChI=1S/C21H23N3O/c25-21(18-6-2-1-3-7-18)23-13-10-17(11-14-23)12-15-24-16-22-19-8-4-5-9-20(19)24/h1-9,16-17H,10-15H2. The maximum absolute atomic E-state index is 12.5. The summed E-state index contributed by atoms with van der Waals surface area (Å²) in [6, 6.07) is 17.9. The Balaban J connectivity index is 1.31. The molecule has 4 rings (SSSR count). The van der Waals surface area contributed by atoms with Crippen LogP contribution in [-0.4, -0.2) is 33.4 Å². The fourth-order valence-electron chi connectivity index (χ4n) is 3.70. The van der Waals surface area contributed by atoms with E-state index in [2.05, 4.69) is 27.8 Å².